The van der Waals surface area contributed by atoms with E-state index in [4.69, 9.17) is 0 Å². The molecule has 0 radical (unpaired) electrons. The molecule has 190 valence electrons. The highest BCUT2D eigenvalue weighted by Crippen LogP contribution is 2.42. The number of carbonyl (C=O) groups is 1. The zero-order valence-electron chi connectivity index (χ0n) is 22.6. The SMILES string of the molecule is C=C(C)C=O.CCCCCC1CCC(C2CCC(/C=C/C3CCC(N(C)C)CC3)CC2)CC1. The van der Waals surface area contributed by atoms with Gasteiger partial charge in [-0.25, -0.2) is 0 Å². The monoisotopic (exact) mass is 457 g/mol. The van der Waals surface area contributed by atoms with Gasteiger partial charge in [0.05, 0.1) is 0 Å². The van der Waals surface area contributed by atoms with Gasteiger partial charge < -0.3 is 4.90 Å². The topological polar surface area (TPSA) is 20.3 Å². The van der Waals surface area contributed by atoms with Crippen molar-refractivity contribution in [2.75, 3.05) is 14.1 Å². The first-order valence-corrected chi connectivity index (χ1v) is 14.4. The molecule has 3 saturated carbocycles. The number of nitrogens with zero attached hydrogens (tertiary/aromatic N) is 1. The summed E-state index contributed by atoms with van der Waals surface area (Å²) < 4.78 is 0. The molecule has 3 aliphatic carbocycles. The summed E-state index contributed by atoms with van der Waals surface area (Å²) >= 11 is 0. The Morgan fingerprint density at radius 3 is 1.67 bits per heavy atom. The molecule has 0 heterocycles. The lowest BCUT2D eigenvalue weighted by Crippen LogP contribution is -2.31. The van der Waals surface area contributed by atoms with Crippen molar-refractivity contribution in [3.63, 3.8) is 0 Å². The summed E-state index contributed by atoms with van der Waals surface area (Å²) in [5.41, 5.74) is 0.574. The average Bonchev–Trinajstić information content (AvgIpc) is 2.84. The molecule has 0 N–H and O–H groups in total. The van der Waals surface area contributed by atoms with E-state index < -0.39 is 0 Å². The Morgan fingerprint density at radius 1 is 0.788 bits per heavy atom. The van der Waals surface area contributed by atoms with E-state index >= 15 is 0 Å². The van der Waals surface area contributed by atoms with E-state index in [0.29, 0.717) is 5.57 Å². The number of hydrogen-bond acceptors (Lipinski definition) is 2. The maximum absolute atomic E-state index is 9.41. The fourth-order valence-corrected chi connectivity index (χ4v) is 6.56. The third kappa shape index (κ3) is 10.9. The molecule has 0 aromatic carbocycles. The molecule has 0 aromatic rings. The van der Waals surface area contributed by atoms with Crippen LogP contribution in [0.15, 0.2) is 24.3 Å². The van der Waals surface area contributed by atoms with Crippen molar-refractivity contribution in [2.45, 2.75) is 123 Å². The molecule has 0 aliphatic heterocycles. The fraction of sp³-hybridized carbons (Fsp3) is 0.839. The van der Waals surface area contributed by atoms with Crippen molar-refractivity contribution in [1.82, 2.24) is 4.90 Å². The van der Waals surface area contributed by atoms with Crippen LogP contribution in [0.2, 0.25) is 0 Å². The smallest absolute Gasteiger partial charge is 0.145 e. The summed E-state index contributed by atoms with van der Waals surface area (Å²) in [4.78, 5) is 11.8. The lowest BCUT2D eigenvalue weighted by molar-refractivity contribution is -0.104. The second kappa shape index (κ2) is 15.9. The van der Waals surface area contributed by atoms with Crippen LogP contribution in [0.1, 0.15) is 117 Å². The number of carbonyl (C=O) groups excluding carboxylic acids is 1. The zero-order valence-corrected chi connectivity index (χ0v) is 22.6. The molecule has 0 spiro atoms. The standard InChI is InChI=1S/C27H49N.C4H6O/c1-4-5-6-7-22-10-16-25(17-11-22)26-18-12-23(13-19-26)8-9-24-14-20-27(21-15-24)28(2)3;1-4(2)3-5/h8-9,22-27H,4-7,10-21H2,1-3H3;3H,1H2,2H3/b9-8+;. The lowest BCUT2D eigenvalue weighted by Gasteiger charge is -2.37. The normalized spacial score (nSPS) is 32.9. The number of aldehydes is 1. The molecular formula is C31H55NO. The second-order valence-electron chi connectivity index (χ2n) is 11.8. The van der Waals surface area contributed by atoms with Crippen molar-refractivity contribution >= 4 is 6.29 Å². The van der Waals surface area contributed by atoms with Gasteiger partial charge in [0.15, 0.2) is 0 Å². The summed E-state index contributed by atoms with van der Waals surface area (Å²) in [5.74, 6) is 4.99. The summed E-state index contributed by atoms with van der Waals surface area (Å²) in [5, 5.41) is 0. The molecule has 3 rings (SSSR count). The van der Waals surface area contributed by atoms with Gasteiger partial charge >= 0.3 is 0 Å². The number of hydrogen-bond donors (Lipinski definition) is 0. The van der Waals surface area contributed by atoms with Crippen LogP contribution in [-0.2, 0) is 4.79 Å². The van der Waals surface area contributed by atoms with E-state index in [1.807, 2.05) is 0 Å². The Hall–Kier alpha value is -0.890. The molecule has 33 heavy (non-hydrogen) atoms. The van der Waals surface area contributed by atoms with E-state index in [2.05, 4.69) is 44.6 Å². The van der Waals surface area contributed by atoms with Gasteiger partial charge in [-0.2, -0.15) is 0 Å². The Morgan fingerprint density at radius 2 is 1.24 bits per heavy atom. The summed E-state index contributed by atoms with van der Waals surface area (Å²) in [7, 11) is 4.50. The Bertz CT molecular complexity index is 555. The summed E-state index contributed by atoms with van der Waals surface area (Å²) in [6.07, 6.45) is 29.6. The number of rotatable bonds is 9. The van der Waals surface area contributed by atoms with Gasteiger partial charge in [0.2, 0.25) is 0 Å². The molecule has 3 fully saturated rings. The van der Waals surface area contributed by atoms with Crippen LogP contribution in [0.5, 0.6) is 0 Å². The maximum atomic E-state index is 9.41. The molecule has 0 atom stereocenters. The van der Waals surface area contributed by atoms with E-state index in [9.17, 15) is 4.79 Å². The van der Waals surface area contributed by atoms with Crippen LogP contribution < -0.4 is 0 Å². The van der Waals surface area contributed by atoms with Crippen LogP contribution in [0.3, 0.4) is 0 Å². The maximum Gasteiger partial charge on any atom is 0.145 e. The molecule has 2 nitrogen and oxygen atoms in total. The summed E-state index contributed by atoms with van der Waals surface area (Å²) in [6.45, 7) is 7.30. The van der Waals surface area contributed by atoms with Gasteiger partial charge in [-0.05, 0) is 120 Å². The van der Waals surface area contributed by atoms with Gasteiger partial charge in [-0.3, -0.25) is 4.79 Å². The Balaban J connectivity index is 0.000000696. The van der Waals surface area contributed by atoms with E-state index in [1.165, 1.54) is 77.0 Å². The van der Waals surface area contributed by atoms with Crippen molar-refractivity contribution in [3.8, 4) is 0 Å². The third-order valence-electron chi connectivity index (χ3n) is 8.92. The predicted octanol–water partition coefficient (Wildman–Crippen LogP) is 8.62. The Labute approximate surface area is 206 Å². The number of allylic oxidation sites excluding steroid dienone is 3. The second-order valence-corrected chi connectivity index (χ2v) is 11.8. The van der Waals surface area contributed by atoms with Gasteiger partial charge in [-0.1, -0.05) is 64.2 Å². The molecule has 0 aromatic heterocycles. The van der Waals surface area contributed by atoms with Crippen LogP contribution >= 0.6 is 0 Å². The van der Waals surface area contributed by atoms with Gasteiger partial charge in [-0.15, -0.1) is 0 Å². The van der Waals surface area contributed by atoms with E-state index in [1.54, 1.807) is 32.6 Å². The van der Waals surface area contributed by atoms with E-state index in [-0.39, 0.29) is 0 Å². The van der Waals surface area contributed by atoms with Gasteiger partial charge in [0, 0.05) is 6.04 Å². The number of unbranched alkanes of at least 4 members (excludes halogenated alkanes) is 2. The van der Waals surface area contributed by atoms with Crippen molar-refractivity contribution < 1.29 is 4.79 Å². The molecule has 0 unspecified atom stereocenters. The van der Waals surface area contributed by atoms with Crippen LogP contribution in [0.4, 0.5) is 0 Å². The van der Waals surface area contributed by atoms with Crippen LogP contribution in [0.25, 0.3) is 0 Å². The fourth-order valence-electron chi connectivity index (χ4n) is 6.56. The van der Waals surface area contributed by atoms with Crippen molar-refractivity contribution in [1.29, 1.82) is 0 Å². The molecular weight excluding hydrogens is 402 g/mol. The molecule has 0 bridgehead atoms. The van der Waals surface area contributed by atoms with Crippen molar-refractivity contribution in [3.05, 3.63) is 24.3 Å². The average molecular weight is 458 g/mol. The van der Waals surface area contributed by atoms with E-state index in [0.717, 1.165) is 41.9 Å². The summed E-state index contributed by atoms with van der Waals surface area (Å²) in [6, 6.07) is 0.835. The highest BCUT2D eigenvalue weighted by Gasteiger charge is 2.30. The molecule has 0 amide bonds. The minimum atomic E-state index is 0.574. The quantitative estimate of drug-likeness (QED) is 0.149. The Kier molecular flexibility index (Phi) is 13.7. The van der Waals surface area contributed by atoms with Gasteiger partial charge in [0.25, 0.3) is 0 Å². The molecule has 2 heteroatoms. The minimum Gasteiger partial charge on any atom is -0.306 e. The highest BCUT2D eigenvalue weighted by molar-refractivity contribution is 5.70. The van der Waals surface area contributed by atoms with Crippen molar-refractivity contribution in [2.24, 2.45) is 29.6 Å². The molecule has 3 aliphatic rings. The minimum absolute atomic E-state index is 0.574. The lowest BCUT2D eigenvalue weighted by atomic mass is 9.68. The van der Waals surface area contributed by atoms with Crippen LogP contribution in [-0.4, -0.2) is 31.3 Å². The first kappa shape index (κ1) is 28.3. The van der Waals surface area contributed by atoms with Crippen LogP contribution in [0, 0.1) is 29.6 Å². The first-order chi connectivity index (χ1) is 15.9. The van der Waals surface area contributed by atoms with Gasteiger partial charge in [0.1, 0.15) is 6.29 Å². The molecule has 0 saturated heterocycles. The highest BCUT2D eigenvalue weighted by atomic mass is 16.1. The third-order valence-corrected chi connectivity index (χ3v) is 8.92. The zero-order chi connectivity index (χ0) is 24.1. The predicted molar refractivity (Wildman–Crippen MR) is 144 cm³/mol. The first-order valence-electron chi connectivity index (χ1n) is 14.4. The largest absolute Gasteiger partial charge is 0.306 e.